The second-order valence-electron chi connectivity index (χ2n) is 3.14. The van der Waals surface area contributed by atoms with Crippen LogP contribution < -0.4 is 5.32 Å². The van der Waals surface area contributed by atoms with Crippen LogP contribution in [0.15, 0.2) is 16.9 Å². The molecular weight excluding hydrogens is 136 g/mol. The number of hydrogen-bond acceptors (Lipinski definition) is 2. The van der Waals surface area contributed by atoms with Gasteiger partial charge in [0.15, 0.2) is 0 Å². The van der Waals surface area contributed by atoms with E-state index in [1.807, 2.05) is 6.20 Å². The van der Waals surface area contributed by atoms with Crippen molar-refractivity contribution < 1.29 is 0 Å². The number of nitrogens with one attached hydrogen (secondary N) is 1. The third-order valence-electron chi connectivity index (χ3n) is 1.93. The topological polar surface area (TPSA) is 24.4 Å². The molecule has 0 amide bonds. The fourth-order valence-corrected chi connectivity index (χ4v) is 1.03. The normalized spacial score (nSPS) is 17.5. The van der Waals surface area contributed by atoms with Crippen molar-refractivity contribution >= 4 is 5.71 Å². The Balaban J connectivity index is 2.61. The van der Waals surface area contributed by atoms with Gasteiger partial charge in [0.1, 0.15) is 0 Å². The van der Waals surface area contributed by atoms with Gasteiger partial charge >= 0.3 is 0 Å². The van der Waals surface area contributed by atoms with Crippen LogP contribution in [0.5, 0.6) is 0 Å². The van der Waals surface area contributed by atoms with E-state index in [-0.39, 0.29) is 0 Å². The van der Waals surface area contributed by atoms with E-state index in [1.165, 1.54) is 11.4 Å². The number of allylic oxidation sites excluding steroid dienone is 1. The zero-order valence-electron chi connectivity index (χ0n) is 7.52. The average Bonchev–Trinajstić information content (AvgIpc) is 2.05. The van der Waals surface area contributed by atoms with Gasteiger partial charge in [0.2, 0.25) is 0 Å². The molecule has 2 nitrogen and oxygen atoms in total. The van der Waals surface area contributed by atoms with Gasteiger partial charge in [-0.25, -0.2) is 0 Å². The molecule has 2 heteroatoms. The van der Waals surface area contributed by atoms with Gasteiger partial charge in [0.25, 0.3) is 0 Å². The highest BCUT2D eigenvalue weighted by molar-refractivity contribution is 5.89. The predicted molar refractivity (Wildman–Crippen MR) is 48.6 cm³/mol. The van der Waals surface area contributed by atoms with Crippen LogP contribution in [0, 0.1) is 5.92 Å². The summed E-state index contributed by atoms with van der Waals surface area (Å²) in [5.74, 6) is 0.567. The minimum Gasteiger partial charge on any atom is -0.382 e. The van der Waals surface area contributed by atoms with Crippen molar-refractivity contribution in [2.24, 2.45) is 10.9 Å². The summed E-state index contributed by atoms with van der Waals surface area (Å²) in [6, 6.07) is 0. The Bertz CT molecular complexity index is 190. The molecule has 1 aliphatic rings. The number of rotatable bonds is 2. The molecule has 0 bridgehead atoms. The highest BCUT2D eigenvalue weighted by atomic mass is 15.0. The van der Waals surface area contributed by atoms with Gasteiger partial charge in [-0.2, -0.15) is 0 Å². The largest absolute Gasteiger partial charge is 0.382 e. The van der Waals surface area contributed by atoms with Crippen LogP contribution in [0.25, 0.3) is 0 Å². The Morgan fingerprint density at radius 1 is 1.64 bits per heavy atom. The molecule has 0 unspecified atom stereocenters. The van der Waals surface area contributed by atoms with Gasteiger partial charge in [-0.3, -0.25) is 4.99 Å². The van der Waals surface area contributed by atoms with E-state index in [1.54, 1.807) is 0 Å². The van der Waals surface area contributed by atoms with E-state index in [0.29, 0.717) is 5.92 Å². The second-order valence-corrected chi connectivity index (χ2v) is 3.14. The SMILES string of the molecule is CCC1=CN=C(C(C)C)CN1. The molecule has 0 saturated carbocycles. The van der Waals surface area contributed by atoms with Crippen molar-refractivity contribution in [2.45, 2.75) is 27.2 Å². The van der Waals surface area contributed by atoms with Crippen LogP contribution in [0.4, 0.5) is 0 Å². The van der Waals surface area contributed by atoms with Crippen molar-refractivity contribution in [3.05, 3.63) is 11.9 Å². The van der Waals surface area contributed by atoms with Gasteiger partial charge in [0, 0.05) is 17.6 Å². The van der Waals surface area contributed by atoms with Crippen molar-refractivity contribution in [1.29, 1.82) is 0 Å². The van der Waals surface area contributed by atoms with Crippen LogP contribution in [-0.2, 0) is 0 Å². The molecule has 1 rings (SSSR count). The molecule has 0 aliphatic carbocycles. The lowest BCUT2D eigenvalue weighted by atomic mass is 10.1. The minimum atomic E-state index is 0.567. The second kappa shape index (κ2) is 3.56. The fourth-order valence-electron chi connectivity index (χ4n) is 1.03. The first kappa shape index (κ1) is 8.31. The molecule has 0 spiro atoms. The quantitative estimate of drug-likeness (QED) is 0.642. The van der Waals surface area contributed by atoms with Gasteiger partial charge in [0.05, 0.1) is 6.54 Å². The number of hydrogen-bond donors (Lipinski definition) is 1. The van der Waals surface area contributed by atoms with Crippen LogP contribution >= 0.6 is 0 Å². The molecule has 1 aliphatic heterocycles. The molecule has 0 atom stereocenters. The molecule has 62 valence electrons. The Morgan fingerprint density at radius 3 is 2.73 bits per heavy atom. The van der Waals surface area contributed by atoms with Gasteiger partial charge in [-0.1, -0.05) is 20.8 Å². The maximum absolute atomic E-state index is 4.37. The van der Waals surface area contributed by atoms with E-state index >= 15 is 0 Å². The lowest BCUT2D eigenvalue weighted by Gasteiger charge is -2.17. The first-order valence-electron chi connectivity index (χ1n) is 4.23. The summed E-state index contributed by atoms with van der Waals surface area (Å²) in [6.45, 7) is 7.41. The van der Waals surface area contributed by atoms with Gasteiger partial charge < -0.3 is 5.32 Å². The highest BCUT2D eigenvalue weighted by Gasteiger charge is 2.08. The molecule has 0 fully saturated rings. The molecule has 0 aromatic carbocycles. The van der Waals surface area contributed by atoms with E-state index in [9.17, 15) is 0 Å². The van der Waals surface area contributed by atoms with E-state index in [0.717, 1.165) is 13.0 Å². The Morgan fingerprint density at radius 2 is 2.36 bits per heavy atom. The maximum atomic E-state index is 4.37. The molecule has 0 aromatic rings. The predicted octanol–water partition coefficient (Wildman–Crippen LogP) is 1.94. The third-order valence-corrected chi connectivity index (χ3v) is 1.93. The summed E-state index contributed by atoms with van der Waals surface area (Å²) < 4.78 is 0. The lowest BCUT2D eigenvalue weighted by molar-refractivity contribution is 0.780. The maximum Gasteiger partial charge on any atom is 0.0534 e. The van der Waals surface area contributed by atoms with Gasteiger partial charge in [-0.05, 0) is 12.3 Å². The summed E-state index contributed by atoms with van der Waals surface area (Å²) >= 11 is 0. The zero-order chi connectivity index (χ0) is 8.27. The highest BCUT2D eigenvalue weighted by Crippen LogP contribution is 2.05. The molecule has 0 radical (unpaired) electrons. The monoisotopic (exact) mass is 152 g/mol. The fraction of sp³-hybridized carbons (Fsp3) is 0.667. The summed E-state index contributed by atoms with van der Waals surface area (Å²) in [5.41, 5.74) is 2.50. The molecule has 11 heavy (non-hydrogen) atoms. The molecule has 0 saturated heterocycles. The van der Waals surface area contributed by atoms with Crippen LogP contribution in [-0.4, -0.2) is 12.3 Å². The van der Waals surface area contributed by atoms with Crippen LogP contribution in [0.2, 0.25) is 0 Å². The first-order valence-corrected chi connectivity index (χ1v) is 4.23. The van der Waals surface area contributed by atoms with E-state index in [2.05, 4.69) is 31.1 Å². The summed E-state index contributed by atoms with van der Waals surface area (Å²) in [5, 5.41) is 3.33. The number of nitrogens with zero attached hydrogens (tertiary/aromatic N) is 1. The zero-order valence-corrected chi connectivity index (χ0v) is 7.52. The Labute approximate surface area is 68.4 Å². The third kappa shape index (κ3) is 2.07. The Hall–Kier alpha value is -0.790. The van der Waals surface area contributed by atoms with E-state index < -0.39 is 0 Å². The first-order chi connectivity index (χ1) is 5.24. The van der Waals surface area contributed by atoms with E-state index in [4.69, 9.17) is 0 Å². The van der Waals surface area contributed by atoms with Gasteiger partial charge in [-0.15, -0.1) is 0 Å². The number of aliphatic imine (C=N–C) groups is 1. The summed E-state index contributed by atoms with van der Waals surface area (Å²) in [4.78, 5) is 4.37. The van der Waals surface area contributed by atoms with Crippen molar-refractivity contribution in [3.63, 3.8) is 0 Å². The van der Waals surface area contributed by atoms with Crippen molar-refractivity contribution in [1.82, 2.24) is 5.32 Å². The standard InChI is InChI=1S/C9H16N2/c1-4-8-5-11-9(6-10-8)7(2)3/h5,7,10H,4,6H2,1-3H3. The molecule has 1 N–H and O–H groups in total. The van der Waals surface area contributed by atoms with Crippen molar-refractivity contribution in [2.75, 3.05) is 6.54 Å². The minimum absolute atomic E-state index is 0.567. The molecule has 1 heterocycles. The summed E-state index contributed by atoms with van der Waals surface area (Å²) in [6.07, 6.45) is 2.99. The van der Waals surface area contributed by atoms with Crippen LogP contribution in [0.3, 0.4) is 0 Å². The molecule has 0 aromatic heterocycles. The molecular formula is C9H16N2. The Kier molecular flexibility index (Phi) is 2.69. The average molecular weight is 152 g/mol. The van der Waals surface area contributed by atoms with Crippen LogP contribution in [0.1, 0.15) is 27.2 Å². The summed E-state index contributed by atoms with van der Waals surface area (Å²) in [7, 11) is 0. The smallest absolute Gasteiger partial charge is 0.0534 e. The van der Waals surface area contributed by atoms with Crippen molar-refractivity contribution in [3.8, 4) is 0 Å². The lowest BCUT2D eigenvalue weighted by Crippen LogP contribution is -2.28.